The Morgan fingerprint density at radius 3 is 2.95 bits per heavy atom. The molecule has 2 aromatic rings. The molecule has 0 radical (unpaired) electrons. The van der Waals surface area contributed by atoms with E-state index in [4.69, 9.17) is 0 Å². The van der Waals surface area contributed by atoms with Gasteiger partial charge in [0.25, 0.3) is 0 Å². The van der Waals surface area contributed by atoms with Crippen LogP contribution >= 0.6 is 0 Å². The Bertz CT molecular complexity index is 608. The van der Waals surface area contributed by atoms with Crippen LogP contribution in [0.3, 0.4) is 0 Å². The summed E-state index contributed by atoms with van der Waals surface area (Å²) in [6, 6.07) is 2.07. The Balaban J connectivity index is 1.58. The van der Waals surface area contributed by atoms with Gasteiger partial charge < -0.3 is 5.32 Å². The number of aromatic nitrogens is 3. The van der Waals surface area contributed by atoms with Crippen LogP contribution in [0.4, 0.5) is 5.69 Å². The maximum Gasteiger partial charge on any atom is 0.159 e. The highest BCUT2D eigenvalue weighted by Crippen LogP contribution is 2.57. The van der Waals surface area contributed by atoms with Gasteiger partial charge >= 0.3 is 0 Å². The van der Waals surface area contributed by atoms with Crippen LogP contribution in [0.5, 0.6) is 0 Å². The Hall–Kier alpha value is -1.58. The zero-order valence-corrected chi connectivity index (χ0v) is 11.4. The highest BCUT2D eigenvalue weighted by atomic mass is 15.3. The first-order chi connectivity index (χ1) is 9.28. The number of aryl methyl sites for hydroxylation is 1. The lowest BCUT2D eigenvalue weighted by atomic mass is 9.65. The van der Waals surface area contributed by atoms with Gasteiger partial charge in [-0.2, -0.15) is 5.10 Å². The van der Waals surface area contributed by atoms with Crippen molar-refractivity contribution in [1.82, 2.24) is 14.8 Å². The lowest BCUT2D eigenvalue weighted by Crippen LogP contribution is -2.38. The first-order valence-corrected chi connectivity index (χ1v) is 7.29. The largest absolute Gasteiger partial charge is 0.384 e. The summed E-state index contributed by atoms with van der Waals surface area (Å²) in [6.45, 7) is 1.12. The molecule has 2 aromatic heterocycles. The number of anilines is 1. The van der Waals surface area contributed by atoms with Crippen molar-refractivity contribution in [3.8, 4) is 0 Å². The molecule has 4 heteroatoms. The molecule has 2 heterocycles. The van der Waals surface area contributed by atoms with E-state index in [1.165, 1.54) is 37.8 Å². The van der Waals surface area contributed by atoms with Crippen LogP contribution in [0.1, 0.15) is 32.1 Å². The molecule has 0 unspecified atom stereocenters. The molecule has 0 aromatic carbocycles. The molecule has 19 heavy (non-hydrogen) atoms. The topological polar surface area (TPSA) is 42.7 Å². The van der Waals surface area contributed by atoms with E-state index in [-0.39, 0.29) is 0 Å². The summed E-state index contributed by atoms with van der Waals surface area (Å²) >= 11 is 0. The first-order valence-electron chi connectivity index (χ1n) is 7.29. The molecule has 0 atom stereocenters. The number of rotatable bonds is 4. The number of fused-ring (bicyclic) bond motifs is 1. The molecule has 2 aliphatic rings. The van der Waals surface area contributed by atoms with Crippen LogP contribution < -0.4 is 5.32 Å². The van der Waals surface area contributed by atoms with Gasteiger partial charge in [-0.05, 0) is 43.1 Å². The van der Waals surface area contributed by atoms with Crippen LogP contribution in [-0.2, 0) is 7.05 Å². The van der Waals surface area contributed by atoms with Gasteiger partial charge in [0.1, 0.15) is 0 Å². The standard InChI is InChI=1S/C15H20N4/c1-19-14-12(9-18-19)13(5-8-16-14)17-10-15(6-2-7-15)11-3-4-11/h5,8-9,11H,2-4,6-7,10H2,1H3,(H,16,17). The van der Waals surface area contributed by atoms with E-state index in [2.05, 4.69) is 21.5 Å². The molecular weight excluding hydrogens is 236 g/mol. The van der Waals surface area contributed by atoms with E-state index >= 15 is 0 Å². The second-order valence-corrected chi connectivity index (χ2v) is 6.21. The van der Waals surface area contributed by atoms with Gasteiger partial charge in [0.05, 0.1) is 11.6 Å². The van der Waals surface area contributed by atoms with Crippen molar-refractivity contribution in [2.45, 2.75) is 32.1 Å². The van der Waals surface area contributed by atoms with Crippen molar-refractivity contribution in [2.24, 2.45) is 18.4 Å². The van der Waals surface area contributed by atoms with E-state index < -0.39 is 0 Å². The quantitative estimate of drug-likeness (QED) is 0.914. The van der Waals surface area contributed by atoms with E-state index in [0.717, 1.165) is 23.5 Å². The Labute approximate surface area is 113 Å². The van der Waals surface area contributed by atoms with Gasteiger partial charge in [0, 0.05) is 25.5 Å². The molecule has 2 aliphatic carbocycles. The first kappa shape index (κ1) is 11.3. The smallest absolute Gasteiger partial charge is 0.159 e. The molecule has 2 saturated carbocycles. The summed E-state index contributed by atoms with van der Waals surface area (Å²) < 4.78 is 1.83. The van der Waals surface area contributed by atoms with Crippen molar-refractivity contribution in [1.29, 1.82) is 0 Å². The Kier molecular flexibility index (Phi) is 2.34. The summed E-state index contributed by atoms with van der Waals surface area (Å²) in [5.74, 6) is 0.986. The summed E-state index contributed by atoms with van der Waals surface area (Å²) in [5.41, 5.74) is 2.74. The molecule has 0 amide bonds. The van der Waals surface area contributed by atoms with Crippen LogP contribution in [0.15, 0.2) is 18.5 Å². The SMILES string of the molecule is Cn1ncc2c(NCC3(C4CC4)CCC3)ccnc21. The predicted molar refractivity (Wildman–Crippen MR) is 76.0 cm³/mol. The van der Waals surface area contributed by atoms with E-state index in [1.54, 1.807) is 0 Å². The van der Waals surface area contributed by atoms with Crippen molar-refractivity contribution < 1.29 is 0 Å². The highest BCUT2D eigenvalue weighted by Gasteiger charge is 2.48. The molecular formula is C15H20N4. The summed E-state index contributed by atoms with van der Waals surface area (Å²) in [7, 11) is 1.94. The minimum atomic E-state index is 0.595. The third-order valence-electron chi connectivity index (χ3n) is 5.06. The molecule has 4 nitrogen and oxygen atoms in total. The number of nitrogens with one attached hydrogen (secondary N) is 1. The van der Waals surface area contributed by atoms with Gasteiger partial charge in [-0.15, -0.1) is 0 Å². The molecule has 1 N–H and O–H groups in total. The number of hydrogen-bond acceptors (Lipinski definition) is 3. The Morgan fingerprint density at radius 2 is 2.26 bits per heavy atom. The summed E-state index contributed by atoms with van der Waals surface area (Å²) in [4.78, 5) is 4.39. The van der Waals surface area contributed by atoms with Gasteiger partial charge in [-0.25, -0.2) is 4.98 Å². The number of nitrogens with zero attached hydrogens (tertiary/aromatic N) is 3. The lowest BCUT2D eigenvalue weighted by Gasteiger charge is -2.43. The number of hydrogen-bond donors (Lipinski definition) is 1. The zero-order chi connectivity index (χ0) is 12.9. The van der Waals surface area contributed by atoms with E-state index in [0.29, 0.717) is 5.41 Å². The fourth-order valence-corrected chi connectivity index (χ4v) is 3.53. The van der Waals surface area contributed by atoms with E-state index in [9.17, 15) is 0 Å². The fraction of sp³-hybridized carbons (Fsp3) is 0.600. The molecule has 0 bridgehead atoms. The second-order valence-electron chi connectivity index (χ2n) is 6.21. The average molecular weight is 256 g/mol. The van der Waals surface area contributed by atoms with Crippen molar-refractivity contribution in [2.75, 3.05) is 11.9 Å². The van der Waals surface area contributed by atoms with Gasteiger partial charge in [0.15, 0.2) is 5.65 Å². The molecule has 0 saturated heterocycles. The fourth-order valence-electron chi connectivity index (χ4n) is 3.53. The Morgan fingerprint density at radius 1 is 1.42 bits per heavy atom. The second kappa shape index (κ2) is 3.95. The normalized spacial score (nSPS) is 21.3. The minimum absolute atomic E-state index is 0.595. The van der Waals surface area contributed by atoms with E-state index in [1.807, 2.05) is 24.1 Å². The maximum atomic E-state index is 4.39. The third kappa shape index (κ3) is 1.73. The van der Waals surface area contributed by atoms with Crippen LogP contribution in [0, 0.1) is 11.3 Å². The van der Waals surface area contributed by atoms with Crippen molar-refractivity contribution in [3.05, 3.63) is 18.5 Å². The van der Waals surface area contributed by atoms with Gasteiger partial charge in [-0.3, -0.25) is 4.68 Å². The van der Waals surface area contributed by atoms with Crippen LogP contribution in [-0.4, -0.2) is 21.3 Å². The summed E-state index contributed by atoms with van der Waals surface area (Å²) in [6.07, 6.45) is 10.9. The molecule has 100 valence electrons. The monoisotopic (exact) mass is 256 g/mol. The van der Waals surface area contributed by atoms with Crippen LogP contribution in [0.25, 0.3) is 11.0 Å². The third-order valence-corrected chi connectivity index (χ3v) is 5.06. The van der Waals surface area contributed by atoms with Gasteiger partial charge in [0.2, 0.25) is 0 Å². The molecule has 4 rings (SSSR count). The maximum absolute atomic E-state index is 4.39. The molecule has 0 spiro atoms. The van der Waals surface area contributed by atoms with Crippen LogP contribution in [0.2, 0.25) is 0 Å². The van der Waals surface area contributed by atoms with Gasteiger partial charge in [-0.1, -0.05) is 6.42 Å². The highest BCUT2D eigenvalue weighted by molar-refractivity contribution is 5.88. The molecule has 2 fully saturated rings. The minimum Gasteiger partial charge on any atom is -0.384 e. The summed E-state index contributed by atoms with van der Waals surface area (Å²) in [5, 5.41) is 9.10. The van der Waals surface area contributed by atoms with Crippen molar-refractivity contribution in [3.63, 3.8) is 0 Å². The lowest BCUT2D eigenvalue weighted by molar-refractivity contribution is 0.118. The van der Waals surface area contributed by atoms with Crippen molar-refractivity contribution >= 4 is 16.7 Å². The zero-order valence-electron chi connectivity index (χ0n) is 11.4. The predicted octanol–water partition coefficient (Wildman–Crippen LogP) is 2.96. The number of pyridine rings is 1. The average Bonchev–Trinajstić information content (AvgIpc) is 3.14. The molecule has 0 aliphatic heterocycles.